The minimum Gasteiger partial charge on any atom is -0.263 e. The Bertz CT molecular complexity index is 142. The van der Waals surface area contributed by atoms with Gasteiger partial charge < -0.3 is 0 Å². The Labute approximate surface area is 48.5 Å². The molecule has 1 amide bonds. The standard InChI is InChI=1S/C6H6NO/c8-6-7-4-2-1-3-5-7/h1-2,4H2. The zero-order chi connectivity index (χ0) is 5.82. The maximum Gasteiger partial charge on any atom is 0.324 e. The Morgan fingerprint density at radius 3 is 2.88 bits per heavy atom. The second kappa shape index (κ2) is 2.37. The van der Waals surface area contributed by atoms with E-state index in [-0.39, 0.29) is 0 Å². The Hall–Kier alpha value is -0.970. The van der Waals surface area contributed by atoms with Crippen molar-refractivity contribution in [3.63, 3.8) is 0 Å². The molecule has 0 aromatic rings. The Kier molecular flexibility index (Phi) is 1.53. The van der Waals surface area contributed by atoms with Gasteiger partial charge in [-0.1, -0.05) is 5.92 Å². The van der Waals surface area contributed by atoms with Crippen molar-refractivity contribution in [1.29, 1.82) is 0 Å². The maximum absolute atomic E-state index is 9.86. The first-order valence-corrected chi connectivity index (χ1v) is 2.57. The molecule has 0 spiro atoms. The number of carbonyl (C=O) groups excluding carboxylic acids is 1. The summed E-state index contributed by atoms with van der Waals surface area (Å²) < 4.78 is 0. The van der Waals surface area contributed by atoms with Crippen LogP contribution in [0.3, 0.4) is 0 Å². The van der Waals surface area contributed by atoms with Gasteiger partial charge in [0.1, 0.15) is 0 Å². The molecule has 0 aromatic carbocycles. The van der Waals surface area contributed by atoms with Gasteiger partial charge in [-0.15, -0.1) is 0 Å². The average molecular weight is 108 g/mol. The van der Waals surface area contributed by atoms with Gasteiger partial charge in [-0.3, -0.25) is 9.69 Å². The van der Waals surface area contributed by atoms with E-state index in [1.54, 1.807) is 6.41 Å². The summed E-state index contributed by atoms with van der Waals surface area (Å²) in [6.45, 7) is 0.747. The lowest BCUT2D eigenvalue weighted by atomic mass is 10.3. The van der Waals surface area contributed by atoms with Gasteiger partial charge in [-0.05, 0) is 6.42 Å². The van der Waals surface area contributed by atoms with E-state index in [4.69, 9.17) is 0 Å². The zero-order valence-electron chi connectivity index (χ0n) is 4.48. The van der Waals surface area contributed by atoms with Crippen LogP contribution in [0.25, 0.3) is 0 Å². The van der Waals surface area contributed by atoms with Gasteiger partial charge in [0.25, 0.3) is 0 Å². The van der Waals surface area contributed by atoms with Gasteiger partial charge in [0.05, 0.1) is 0 Å². The van der Waals surface area contributed by atoms with Crippen LogP contribution in [0, 0.1) is 12.0 Å². The van der Waals surface area contributed by atoms with Crippen LogP contribution in [0.5, 0.6) is 0 Å². The summed E-state index contributed by atoms with van der Waals surface area (Å²) in [4.78, 5) is 11.2. The summed E-state index contributed by atoms with van der Waals surface area (Å²) in [5.41, 5.74) is 0. The van der Waals surface area contributed by atoms with Crippen molar-refractivity contribution in [3.05, 3.63) is 0 Å². The molecular formula is C6H6NO. The molecule has 0 saturated heterocycles. The molecule has 1 radical (unpaired) electrons. The lowest BCUT2D eigenvalue weighted by molar-refractivity contribution is 0.462. The molecule has 41 valence electrons. The lowest BCUT2D eigenvalue weighted by Crippen LogP contribution is -2.18. The molecule has 0 aromatic heterocycles. The maximum atomic E-state index is 9.86. The minimum atomic E-state index is 0.747. The quantitative estimate of drug-likeness (QED) is 0.436. The third kappa shape index (κ3) is 1.00. The van der Waals surface area contributed by atoms with E-state index in [9.17, 15) is 4.79 Å². The van der Waals surface area contributed by atoms with Crippen molar-refractivity contribution in [3.8, 4) is 12.0 Å². The van der Waals surface area contributed by atoms with Crippen LogP contribution in [-0.2, 0) is 4.79 Å². The largest absolute Gasteiger partial charge is 0.324 e. The third-order valence-corrected chi connectivity index (χ3v) is 1.01. The fraction of sp³-hybridized carbons (Fsp3) is 0.500. The summed E-state index contributed by atoms with van der Waals surface area (Å²) in [6, 6.07) is 2.63. The topological polar surface area (TPSA) is 20.3 Å². The van der Waals surface area contributed by atoms with E-state index in [1.165, 1.54) is 4.90 Å². The summed E-state index contributed by atoms with van der Waals surface area (Å²) in [6.07, 6.45) is 3.62. The predicted molar refractivity (Wildman–Crippen MR) is 29.4 cm³/mol. The second-order valence-electron chi connectivity index (χ2n) is 1.64. The van der Waals surface area contributed by atoms with E-state index in [2.05, 4.69) is 12.0 Å². The first-order valence-electron chi connectivity index (χ1n) is 2.57. The molecule has 0 saturated carbocycles. The highest BCUT2D eigenvalue weighted by Crippen LogP contribution is 1.95. The molecule has 2 nitrogen and oxygen atoms in total. The van der Waals surface area contributed by atoms with Gasteiger partial charge in [-0.25, -0.2) is 0 Å². The second-order valence-corrected chi connectivity index (χ2v) is 1.64. The minimum absolute atomic E-state index is 0.747. The Morgan fingerprint density at radius 1 is 1.62 bits per heavy atom. The van der Waals surface area contributed by atoms with Gasteiger partial charge in [0.2, 0.25) is 0 Å². The van der Waals surface area contributed by atoms with Crippen LogP contribution < -0.4 is 0 Å². The number of rotatable bonds is 1. The van der Waals surface area contributed by atoms with E-state index in [1.807, 2.05) is 0 Å². The fourth-order valence-corrected chi connectivity index (χ4v) is 0.601. The smallest absolute Gasteiger partial charge is 0.263 e. The van der Waals surface area contributed by atoms with Crippen LogP contribution in [0.15, 0.2) is 0 Å². The molecule has 0 N–H and O–H groups in total. The molecule has 1 heterocycles. The predicted octanol–water partition coefficient (Wildman–Crippen LogP) is 0.110. The van der Waals surface area contributed by atoms with Gasteiger partial charge in [0.15, 0.2) is 0 Å². The SMILES string of the molecule is O=[C]N1C#CCCC1. The number of nitrogens with zero attached hydrogens (tertiary/aromatic N) is 1. The molecule has 2 heteroatoms. The van der Waals surface area contributed by atoms with Crippen molar-refractivity contribution in [2.75, 3.05) is 6.54 Å². The van der Waals surface area contributed by atoms with Gasteiger partial charge >= 0.3 is 6.41 Å². The molecule has 1 aliphatic heterocycles. The van der Waals surface area contributed by atoms with Crippen LogP contribution in [0.4, 0.5) is 0 Å². The van der Waals surface area contributed by atoms with Crippen molar-refractivity contribution in [2.45, 2.75) is 12.8 Å². The summed E-state index contributed by atoms with van der Waals surface area (Å²) in [5.74, 6) is 2.80. The first-order chi connectivity index (χ1) is 3.93. The van der Waals surface area contributed by atoms with E-state index in [0.29, 0.717) is 0 Å². The Morgan fingerprint density at radius 2 is 2.50 bits per heavy atom. The molecule has 1 rings (SSSR count). The van der Waals surface area contributed by atoms with E-state index in [0.717, 1.165) is 19.4 Å². The molecule has 1 aliphatic rings. The summed E-state index contributed by atoms with van der Waals surface area (Å²) in [5, 5.41) is 0. The average Bonchev–Trinajstić information content (AvgIpc) is 1.90. The van der Waals surface area contributed by atoms with Crippen molar-refractivity contribution in [2.24, 2.45) is 0 Å². The number of amides is 1. The van der Waals surface area contributed by atoms with Crippen LogP contribution in [0.2, 0.25) is 0 Å². The molecule has 0 unspecified atom stereocenters. The van der Waals surface area contributed by atoms with Crippen molar-refractivity contribution in [1.82, 2.24) is 4.90 Å². The molecule has 0 aliphatic carbocycles. The van der Waals surface area contributed by atoms with Crippen LogP contribution in [-0.4, -0.2) is 17.9 Å². The van der Waals surface area contributed by atoms with Crippen LogP contribution >= 0.6 is 0 Å². The molecule has 8 heavy (non-hydrogen) atoms. The van der Waals surface area contributed by atoms with Gasteiger partial charge in [0, 0.05) is 19.0 Å². The molecular weight excluding hydrogens is 102 g/mol. The highest BCUT2D eigenvalue weighted by Gasteiger charge is 1.99. The zero-order valence-corrected chi connectivity index (χ0v) is 4.48. The fourth-order valence-electron chi connectivity index (χ4n) is 0.601. The van der Waals surface area contributed by atoms with Gasteiger partial charge in [-0.2, -0.15) is 0 Å². The monoisotopic (exact) mass is 108 g/mol. The lowest BCUT2D eigenvalue weighted by Gasteiger charge is -2.08. The van der Waals surface area contributed by atoms with Crippen molar-refractivity contribution < 1.29 is 4.79 Å². The van der Waals surface area contributed by atoms with E-state index >= 15 is 0 Å². The number of hydrogen-bond acceptors (Lipinski definition) is 1. The molecule has 0 atom stereocenters. The molecule has 0 bridgehead atoms. The normalized spacial score (nSPS) is 16.8. The van der Waals surface area contributed by atoms with E-state index < -0.39 is 0 Å². The van der Waals surface area contributed by atoms with Crippen molar-refractivity contribution >= 4 is 6.41 Å². The Balaban J connectivity index is 2.51. The highest BCUT2D eigenvalue weighted by molar-refractivity contribution is 5.52. The summed E-state index contributed by atoms with van der Waals surface area (Å²) >= 11 is 0. The molecule has 0 fully saturated rings. The number of hydrogen-bond donors (Lipinski definition) is 0. The first kappa shape index (κ1) is 5.17. The highest BCUT2D eigenvalue weighted by atomic mass is 16.1. The van der Waals surface area contributed by atoms with Crippen LogP contribution in [0.1, 0.15) is 12.8 Å². The third-order valence-electron chi connectivity index (χ3n) is 1.01. The summed E-state index contributed by atoms with van der Waals surface area (Å²) in [7, 11) is 0.